The van der Waals surface area contributed by atoms with Crippen molar-refractivity contribution >= 4 is 5.97 Å². The lowest BCUT2D eigenvalue weighted by molar-refractivity contribution is -0.155. The topological polar surface area (TPSA) is 55.8 Å². The van der Waals surface area contributed by atoms with Crippen molar-refractivity contribution in [3.63, 3.8) is 0 Å². The van der Waals surface area contributed by atoms with E-state index in [0.29, 0.717) is 6.61 Å². The Labute approximate surface area is 96.9 Å². The van der Waals surface area contributed by atoms with E-state index in [1.54, 1.807) is 0 Å². The van der Waals surface area contributed by atoms with Crippen LogP contribution >= 0.6 is 0 Å². The van der Waals surface area contributed by atoms with Crippen molar-refractivity contribution in [2.45, 2.75) is 32.8 Å². The summed E-state index contributed by atoms with van der Waals surface area (Å²) in [5.74, 6) is -0.644. The highest BCUT2D eigenvalue weighted by molar-refractivity contribution is 5.73. The Morgan fingerprint density at radius 3 is 2.62 bits per heavy atom. The highest BCUT2D eigenvalue weighted by Gasteiger charge is 2.36. The minimum absolute atomic E-state index is 0.0558. The third-order valence-corrected chi connectivity index (χ3v) is 3.24. The van der Waals surface area contributed by atoms with Crippen LogP contribution in [0.1, 0.15) is 26.7 Å². The fraction of sp³-hybridized carbons (Fsp3) is 0.917. The first-order valence-electron chi connectivity index (χ1n) is 5.91. The summed E-state index contributed by atoms with van der Waals surface area (Å²) in [6.07, 6.45) is 1.21. The molecule has 16 heavy (non-hydrogen) atoms. The highest BCUT2D eigenvalue weighted by atomic mass is 16.5. The molecule has 0 aliphatic carbocycles. The first-order valence-corrected chi connectivity index (χ1v) is 5.91. The summed E-state index contributed by atoms with van der Waals surface area (Å²) in [5, 5.41) is 10.2. The molecule has 0 aromatic carbocycles. The Bertz CT molecular complexity index is 221. The predicted octanol–water partition coefficient (Wildman–Crippen LogP) is 1.22. The van der Waals surface area contributed by atoms with Gasteiger partial charge in [0.1, 0.15) is 0 Å². The van der Waals surface area contributed by atoms with Gasteiger partial charge in [-0.15, -0.1) is 0 Å². The number of esters is 1. The standard InChI is InChI=1S/C12H22O4/c1-8(2)10(12(14)15-3)11(13)9-5-4-6-16-7-9/h8-11,13H,4-7H2,1-3H3. The molecule has 0 aromatic heterocycles. The first kappa shape index (κ1) is 13.5. The molecule has 3 atom stereocenters. The molecule has 94 valence electrons. The van der Waals surface area contributed by atoms with Gasteiger partial charge in [0.25, 0.3) is 0 Å². The van der Waals surface area contributed by atoms with Crippen LogP contribution in [0, 0.1) is 17.8 Å². The van der Waals surface area contributed by atoms with Gasteiger partial charge in [0.15, 0.2) is 0 Å². The van der Waals surface area contributed by atoms with Crippen molar-refractivity contribution in [1.82, 2.24) is 0 Å². The fourth-order valence-corrected chi connectivity index (χ4v) is 2.27. The molecule has 0 radical (unpaired) electrons. The Kier molecular flexibility index (Phi) is 5.22. The fourth-order valence-electron chi connectivity index (χ4n) is 2.27. The number of ether oxygens (including phenoxy) is 2. The second-order valence-electron chi connectivity index (χ2n) is 4.76. The van der Waals surface area contributed by atoms with Gasteiger partial charge in [-0.2, -0.15) is 0 Å². The van der Waals surface area contributed by atoms with E-state index in [9.17, 15) is 9.90 Å². The minimum atomic E-state index is -0.659. The summed E-state index contributed by atoms with van der Waals surface area (Å²) in [7, 11) is 1.36. The van der Waals surface area contributed by atoms with Gasteiger partial charge < -0.3 is 14.6 Å². The van der Waals surface area contributed by atoms with Crippen molar-refractivity contribution in [2.75, 3.05) is 20.3 Å². The number of hydrogen-bond acceptors (Lipinski definition) is 4. The monoisotopic (exact) mass is 230 g/mol. The number of carbonyl (C=O) groups is 1. The third-order valence-electron chi connectivity index (χ3n) is 3.24. The van der Waals surface area contributed by atoms with Crippen LogP contribution in [0.3, 0.4) is 0 Å². The molecule has 1 N–H and O–H groups in total. The molecule has 0 bridgehead atoms. The lowest BCUT2D eigenvalue weighted by Crippen LogP contribution is -2.41. The van der Waals surface area contributed by atoms with Gasteiger partial charge in [0, 0.05) is 12.5 Å². The lowest BCUT2D eigenvalue weighted by Gasteiger charge is -2.32. The molecule has 1 heterocycles. The van der Waals surface area contributed by atoms with Crippen LogP contribution in [0.15, 0.2) is 0 Å². The van der Waals surface area contributed by atoms with Gasteiger partial charge in [-0.25, -0.2) is 0 Å². The van der Waals surface area contributed by atoms with Gasteiger partial charge in [0.2, 0.25) is 0 Å². The van der Waals surface area contributed by atoms with E-state index in [4.69, 9.17) is 9.47 Å². The van der Waals surface area contributed by atoms with Crippen LogP contribution in [0.25, 0.3) is 0 Å². The van der Waals surface area contributed by atoms with E-state index < -0.39 is 12.0 Å². The molecule has 0 amide bonds. The molecule has 0 aromatic rings. The number of rotatable bonds is 4. The number of hydrogen-bond donors (Lipinski definition) is 1. The van der Waals surface area contributed by atoms with E-state index in [-0.39, 0.29) is 17.8 Å². The number of aliphatic hydroxyl groups is 1. The normalized spacial score (nSPS) is 25.2. The molecule has 4 nitrogen and oxygen atoms in total. The maximum absolute atomic E-state index is 11.6. The second kappa shape index (κ2) is 6.21. The number of aliphatic hydroxyl groups excluding tert-OH is 1. The largest absolute Gasteiger partial charge is 0.469 e. The number of methoxy groups -OCH3 is 1. The van der Waals surface area contributed by atoms with Gasteiger partial charge in [-0.05, 0) is 18.8 Å². The van der Waals surface area contributed by atoms with Crippen molar-refractivity contribution in [1.29, 1.82) is 0 Å². The Morgan fingerprint density at radius 1 is 1.50 bits per heavy atom. The average molecular weight is 230 g/mol. The van der Waals surface area contributed by atoms with Crippen LogP contribution in [-0.4, -0.2) is 37.5 Å². The zero-order valence-corrected chi connectivity index (χ0v) is 10.3. The zero-order chi connectivity index (χ0) is 12.1. The summed E-state index contributed by atoms with van der Waals surface area (Å²) in [5.41, 5.74) is 0. The minimum Gasteiger partial charge on any atom is -0.469 e. The van der Waals surface area contributed by atoms with E-state index in [1.807, 2.05) is 13.8 Å². The highest BCUT2D eigenvalue weighted by Crippen LogP contribution is 2.27. The Balaban J connectivity index is 2.65. The van der Waals surface area contributed by atoms with Gasteiger partial charge in [0.05, 0.1) is 25.7 Å². The summed E-state index contributed by atoms with van der Waals surface area (Å²) in [4.78, 5) is 11.6. The van der Waals surface area contributed by atoms with Gasteiger partial charge in [-0.1, -0.05) is 13.8 Å². The van der Waals surface area contributed by atoms with E-state index >= 15 is 0 Å². The summed E-state index contributed by atoms with van der Waals surface area (Å²) in [6, 6.07) is 0. The van der Waals surface area contributed by atoms with Crippen LogP contribution in [0.4, 0.5) is 0 Å². The van der Waals surface area contributed by atoms with Crippen molar-refractivity contribution in [2.24, 2.45) is 17.8 Å². The first-order chi connectivity index (χ1) is 7.57. The molecule has 1 aliphatic heterocycles. The van der Waals surface area contributed by atoms with Crippen LogP contribution in [0.2, 0.25) is 0 Å². The molecule has 1 aliphatic rings. The average Bonchev–Trinajstić information content (AvgIpc) is 2.29. The smallest absolute Gasteiger partial charge is 0.311 e. The van der Waals surface area contributed by atoms with Crippen molar-refractivity contribution in [3.8, 4) is 0 Å². The maximum Gasteiger partial charge on any atom is 0.311 e. The molecule has 4 heteroatoms. The predicted molar refractivity (Wildman–Crippen MR) is 59.9 cm³/mol. The summed E-state index contributed by atoms with van der Waals surface area (Å²) < 4.78 is 10.1. The Morgan fingerprint density at radius 2 is 2.19 bits per heavy atom. The van der Waals surface area contributed by atoms with Gasteiger partial charge in [-0.3, -0.25) is 4.79 Å². The molecular weight excluding hydrogens is 208 g/mol. The molecule has 1 saturated heterocycles. The van der Waals surface area contributed by atoms with Crippen molar-refractivity contribution < 1.29 is 19.4 Å². The third kappa shape index (κ3) is 3.19. The lowest BCUT2D eigenvalue weighted by atomic mass is 9.81. The Hall–Kier alpha value is -0.610. The van der Waals surface area contributed by atoms with E-state index in [1.165, 1.54) is 7.11 Å². The quantitative estimate of drug-likeness (QED) is 0.738. The van der Waals surface area contributed by atoms with Crippen molar-refractivity contribution in [3.05, 3.63) is 0 Å². The van der Waals surface area contributed by atoms with Crippen LogP contribution in [-0.2, 0) is 14.3 Å². The van der Waals surface area contributed by atoms with E-state index in [2.05, 4.69) is 0 Å². The number of carbonyl (C=O) groups excluding carboxylic acids is 1. The molecule has 1 rings (SSSR count). The maximum atomic E-state index is 11.6. The van der Waals surface area contributed by atoms with Gasteiger partial charge >= 0.3 is 5.97 Å². The van der Waals surface area contributed by atoms with E-state index in [0.717, 1.165) is 19.4 Å². The second-order valence-corrected chi connectivity index (χ2v) is 4.76. The summed E-state index contributed by atoms with van der Waals surface area (Å²) in [6.45, 7) is 5.15. The molecule has 3 unspecified atom stereocenters. The molecule has 1 fully saturated rings. The zero-order valence-electron chi connectivity index (χ0n) is 10.3. The summed E-state index contributed by atoms with van der Waals surface area (Å²) >= 11 is 0. The SMILES string of the molecule is COC(=O)C(C(C)C)C(O)C1CCCOC1. The van der Waals surface area contributed by atoms with Crippen LogP contribution in [0.5, 0.6) is 0 Å². The molecular formula is C12H22O4. The molecule has 0 spiro atoms. The van der Waals surface area contributed by atoms with Crippen LogP contribution < -0.4 is 0 Å². The molecule has 0 saturated carbocycles.